The van der Waals surface area contributed by atoms with Gasteiger partial charge in [0.05, 0.1) is 6.10 Å². The molecule has 1 atom stereocenters. The number of carboxylic acid groups (broad SMARTS) is 1. The summed E-state index contributed by atoms with van der Waals surface area (Å²) in [4.78, 5) is 10.2. The van der Waals surface area contributed by atoms with Crippen LogP contribution in [-0.4, -0.2) is 17.2 Å². The Hall–Kier alpha value is -1.61. The minimum atomic E-state index is -1.03. The summed E-state index contributed by atoms with van der Waals surface area (Å²) < 4.78 is 0. The lowest BCUT2D eigenvalue weighted by atomic mass is 10.2. The number of aliphatic carboxylic acids is 1. The van der Waals surface area contributed by atoms with Crippen molar-refractivity contribution in [2.75, 3.05) is 0 Å². The fourth-order valence-electron chi connectivity index (χ4n) is 1.96. The molecule has 0 aliphatic carbocycles. The Labute approximate surface area is 141 Å². The van der Waals surface area contributed by atoms with E-state index in [4.69, 9.17) is 0 Å². The highest BCUT2D eigenvalue weighted by molar-refractivity contribution is 5.64. The number of hydrogen-bond acceptors (Lipinski definition) is 3. The van der Waals surface area contributed by atoms with Gasteiger partial charge in [-0.25, -0.2) is 0 Å². The highest BCUT2D eigenvalue weighted by Crippen LogP contribution is 2.01. The molecule has 23 heavy (non-hydrogen) atoms. The zero-order valence-corrected chi connectivity index (χ0v) is 14.3. The predicted molar refractivity (Wildman–Crippen MR) is 94.8 cm³/mol. The van der Waals surface area contributed by atoms with E-state index in [9.17, 15) is 15.0 Å². The van der Waals surface area contributed by atoms with Crippen molar-refractivity contribution >= 4 is 5.97 Å². The van der Waals surface area contributed by atoms with Crippen molar-refractivity contribution in [3.05, 3.63) is 48.6 Å². The van der Waals surface area contributed by atoms with Crippen LogP contribution in [0.25, 0.3) is 0 Å². The van der Waals surface area contributed by atoms with Crippen LogP contribution in [0, 0.1) is 0 Å². The van der Waals surface area contributed by atoms with Gasteiger partial charge in [-0.1, -0.05) is 68.4 Å². The second-order valence-corrected chi connectivity index (χ2v) is 5.52. The Balaban J connectivity index is 3.61. The highest BCUT2D eigenvalue weighted by atomic mass is 16.4. The number of unbranched alkanes of at least 4 members (excludes halogenated alkanes) is 4. The number of aliphatic hydroxyl groups is 1. The van der Waals surface area contributed by atoms with E-state index in [2.05, 4.69) is 31.2 Å². The fraction of sp³-hybridized carbons (Fsp3) is 0.550. The summed E-state index contributed by atoms with van der Waals surface area (Å²) in [5.74, 6) is -1.03. The molecule has 0 aliphatic rings. The zero-order valence-electron chi connectivity index (χ0n) is 14.3. The molecule has 0 aromatic carbocycles. The van der Waals surface area contributed by atoms with Gasteiger partial charge in [-0.2, -0.15) is 0 Å². The Morgan fingerprint density at radius 1 is 0.913 bits per heavy atom. The SMILES string of the molecule is CCCCC/C=C\C/C=C\C/C=C\C(O)/C=C\CCCC(=O)[O-]. The zero-order chi connectivity index (χ0) is 17.2. The van der Waals surface area contributed by atoms with Gasteiger partial charge in [-0.15, -0.1) is 0 Å². The van der Waals surface area contributed by atoms with Crippen LogP contribution in [0.15, 0.2) is 48.6 Å². The topological polar surface area (TPSA) is 60.4 Å². The van der Waals surface area contributed by atoms with E-state index in [-0.39, 0.29) is 6.42 Å². The molecule has 3 heteroatoms. The van der Waals surface area contributed by atoms with E-state index >= 15 is 0 Å². The van der Waals surface area contributed by atoms with Gasteiger partial charge >= 0.3 is 0 Å². The van der Waals surface area contributed by atoms with E-state index in [0.29, 0.717) is 12.8 Å². The molecule has 1 unspecified atom stereocenters. The molecular weight excluding hydrogens is 288 g/mol. The average molecular weight is 319 g/mol. The summed E-state index contributed by atoms with van der Waals surface area (Å²) in [6.45, 7) is 2.21. The summed E-state index contributed by atoms with van der Waals surface area (Å²) >= 11 is 0. The molecule has 0 saturated heterocycles. The van der Waals surface area contributed by atoms with Crippen molar-refractivity contribution in [2.45, 2.75) is 70.8 Å². The molecule has 0 aliphatic heterocycles. The van der Waals surface area contributed by atoms with Crippen LogP contribution >= 0.6 is 0 Å². The Bertz CT molecular complexity index is 392. The average Bonchev–Trinajstić information content (AvgIpc) is 2.52. The predicted octanol–water partition coefficient (Wildman–Crippen LogP) is 3.85. The third-order valence-corrected chi connectivity index (χ3v) is 3.27. The summed E-state index contributed by atoms with van der Waals surface area (Å²) in [5, 5.41) is 19.9. The summed E-state index contributed by atoms with van der Waals surface area (Å²) in [7, 11) is 0. The smallest absolute Gasteiger partial charge is 0.0902 e. The first-order valence-corrected chi connectivity index (χ1v) is 8.68. The van der Waals surface area contributed by atoms with Crippen LogP contribution in [0.1, 0.15) is 64.7 Å². The van der Waals surface area contributed by atoms with E-state index in [0.717, 1.165) is 12.8 Å². The Morgan fingerprint density at radius 3 is 2.22 bits per heavy atom. The minimum absolute atomic E-state index is 0.0636. The first-order chi connectivity index (χ1) is 11.2. The minimum Gasteiger partial charge on any atom is -0.550 e. The second-order valence-electron chi connectivity index (χ2n) is 5.52. The van der Waals surface area contributed by atoms with Crippen molar-refractivity contribution in [1.82, 2.24) is 0 Å². The van der Waals surface area contributed by atoms with Crippen molar-refractivity contribution in [3.63, 3.8) is 0 Å². The molecule has 0 amide bonds. The summed E-state index contributed by atoms with van der Waals surface area (Å²) in [5.41, 5.74) is 0. The molecule has 3 nitrogen and oxygen atoms in total. The summed E-state index contributed by atoms with van der Waals surface area (Å²) in [6.07, 6.45) is 23.2. The maximum Gasteiger partial charge on any atom is 0.0902 e. The molecule has 130 valence electrons. The third kappa shape index (κ3) is 18.3. The van der Waals surface area contributed by atoms with Gasteiger partial charge in [0, 0.05) is 5.97 Å². The monoisotopic (exact) mass is 319 g/mol. The molecule has 0 fully saturated rings. The molecule has 1 N–H and O–H groups in total. The molecule has 0 aromatic rings. The summed E-state index contributed by atoms with van der Waals surface area (Å²) in [6, 6.07) is 0. The van der Waals surface area contributed by atoms with E-state index in [1.807, 2.05) is 6.08 Å². The van der Waals surface area contributed by atoms with Crippen molar-refractivity contribution in [1.29, 1.82) is 0 Å². The molecule has 0 bridgehead atoms. The van der Waals surface area contributed by atoms with Crippen LogP contribution in [0.5, 0.6) is 0 Å². The van der Waals surface area contributed by atoms with Gasteiger partial charge in [0.2, 0.25) is 0 Å². The van der Waals surface area contributed by atoms with Crippen LogP contribution in [0.3, 0.4) is 0 Å². The van der Waals surface area contributed by atoms with Gasteiger partial charge < -0.3 is 15.0 Å². The first-order valence-electron chi connectivity index (χ1n) is 8.68. The Kier molecular flexibility index (Phi) is 15.6. The van der Waals surface area contributed by atoms with Gasteiger partial charge in [0.1, 0.15) is 0 Å². The third-order valence-electron chi connectivity index (χ3n) is 3.27. The normalized spacial score (nSPS) is 13.8. The lowest BCUT2D eigenvalue weighted by Crippen LogP contribution is -2.21. The van der Waals surface area contributed by atoms with Crippen LogP contribution < -0.4 is 5.11 Å². The molecule has 0 saturated carbocycles. The lowest BCUT2D eigenvalue weighted by Gasteiger charge is -1.99. The molecule has 0 heterocycles. The van der Waals surface area contributed by atoms with Crippen molar-refractivity contribution in [3.8, 4) is 0 Å². The quantitative estimate of drug-likeness (QED) is 0.391. The maximum atomic E-state index is 10.2. The van der Waals surface area contributed by atoms with Crippen LogP contribution in [0.4, 0.5) is 0 Å². The molecular formula is C20H31O3-. The molecule has 0 rings (SSSR count). The number of carboxylic acids is 1. The number of rotatable bonds is 14. The van der Waals surface area contributed by atoms with Gasteiger partial charge in [0.15, 0.2) is 0 Å². The highest BCUT2D eigenvalue weighted by Gasteiger charge is 1.90. The maximum absolute atomic E-state index is 10.2. The molecule has 0 spiro atoms. The van der Waals surface area contributed by atoms with E-state index < -0.39 is 12.1 Å². The number of carbonyl (C=O) groups excluding carboxylic acids is 1. The van der Waals surface area contributed by atoms with E-state index in [1.54, 1.807) is 18.2 Å². The van der Waals surface area contributed by atoms with Crippen LogP contribution in [0.2, 0.25) is 0 Å². The van der Waals surface area contributed by atoms with Gasteiger partial charge in [-0.3, -0.25) is 0 Å². The van der Waals surface area contributed by atoms with Crippen LogP contribution in [-0.2, 0) is 4.79 Å². The molecule has 0 aromatic heterocycles. The largest absolute Gasteiger partial charge is 0.550 e. The lowest BCUT2D eigenvalue weighted by molar-refractivity contribution is -0.305. The number of carbonyl (C=O) groups is 1. The van der Waals surface area contributed by atoms with E-state index in [1.165, 1.54) is 25.7 Å². The van der Waals surface area contributed by atoms with Crippen molar-refractivity contribution < 1.29 is 15.0 Å². The first kappa shape index (κ1) is 21.4. The second kappa shape index (κ2) is 16.8. The standard InChI is InChI=1S/C20H32O3/c1-2-3-4-5-6-7-8-9-10-11-13-16-19(21)17-14-12-15-18-20(22)23/h6-7,9-10,13-14,16-17,19,21H,2-5,8,11-12,15,18H2,1H3,(H,22,23)/p-1/b7-6-,10-9-,16-13-,17-14-. The number of hydrogen-bond donors (Lipinski definition) is 1. The van der Waals surface area contributed by atoms with Gasteiger partial charge in [0.25, 0.3) is 0 Å². The fourth-order valence-corrected chi connectivity index (χ4v) is 1.96. The number of allylic oxidation sites excluding steroid dienone is 6. The van der Waals surface area contributed by atoms with Crippen molar-refractivity contribution in [2.24, 2.45) is 0 Å². The molecule has 0 radical (unpaired) electrons. The van der Waals surface area contributed by atoms with Gasteiger partial charge in [-0.05, 0) is 44.9 Å². The number of aliphatic hydroxyl groups excluding tert-OH is 1. The Morgan fingerprint density at radius 2 is 1.52 bits per heavy atom.